The molecule has 31 heavy (non-hydrogen) atoms. The Labute approximate surface area is 185 Å². The second-order valence-corrected chi connectivity index (χ2v) is 7.92. The number of fused-ring (bicyclic) bond motifs is 1. The lowest BCUT2D eigenvalue weighted by Gasteiger charge is -2.20. The monoisotopic (exact) mass is 438 g/mol. The molecular weight excluding hydrogens is 416 g/mol. The van der Waals surface area contributed by atoms with Gasteiger partial charge in [0.05, 0.1) is 22.8 Å². The van der Waals surface area contributed by atoms with Crippen molar-refractivity contribution in [3.63, 3.8) is 0 Å². The third-order valence-electron chi connectivity index (χ3n) is 5.20. The van der Waals surface area contributed by atoms with Crippen LogP contribution in [0, 0.1) is 6.57 Å². The van der Waals surface area contributed by atoms with Crippen LogP contribution >= 0.6 is 11.6 Å². The first-order valence-corrected chi connectivity index (χ1v) is 10.5. The highest BCUT2D eigenvalue weighted by molar-refractivity contribution is 6.33. The minimum atomic E-state index is -0.620. The van der Waals surface area contributed by atoms with Gasteiger partial charge in [0.25, 0.3) is 0 Å². The minimum absolute atomic E-state index is 0.116. The molecule has 1 aromatic heterocycles. The van der Waals surface area contributed by atoms with Crippen molar-refractivity contribution in [2.75, 3.05) is 32.0 Å². The summed E-state index contributed by atoms with van der Waals surface area (Å²) in [6.45, 7) is 10.3. The highest BCUT2D eigenvalue weighted by Crippen LogP contribution is 2.38. The molecule has 3 aromatic rings. The number of likely N-dealkylation sites (tertiary alicyclic amines) is 1. The summed E-state index contributed by atoms with van der Waals surface area (Å²) in [4.78, 5) is 10.2. The van der Waals surface area contributed by atoms with E-state index in [1.54, 1.807) is 42.6 Å². The summed E-state index contributed by atoms with van der Waals surface area (Å²) in [5.74, 6) is 1.46. The largest absolute Gasteiger partial charge is 0.502 e. The topological polar surface area (TPSA) is 85.2 Å². The molecule has 4 rings (SSSR count). The van der Waals surface area contributed by atoms with E-state index in [0.29, 0.717) is 51.1 Å². The van der Waals surface area contributed by atoms with E-state index in [1.165, 1.54) is 12.8 Å². The number of nitrogens with zero attached hydrogens (tertiary/aromatic N) is 3. The second kappa shape index (κ2) is 9.40. The van der Waals surface area contributed by atoms with Crippen molar-refractivity contribution in [1.82, 2.24) is 9.88 Å². The normalized spacial score (nSPS) is 15.0. The molecule has 0 spiro atoms. The number of halogens is 1. The van der Waals surface area contributed by atoms with E-state index in [-0.39, 0.29) is 6.61 Å². The summed E-state index contributed by atoms with van der Waals surface area (Å²) in [7, 11) is 0. The van der Waals surface area contributed by atoms with Crippen LogP contribution in [0.5, 0.6) is 17.2 Å². The average molecular weight is 439 g/mol. The van der Waals surface area contributed by atoms with Crippen LogP contribution in [0.1, 0.15) is 12.8 Å². The fourth-order valence-electron chi connectivity index (χ4n) is 3.64. The van der Waals surface area contributed by atoms with Gasteiger partial charge in [0, 0.05) is 24.2 Å². The quantitative estimate of drug-likeness (QED) is 0.412. The van der Waals surface area contributed by atoms with Crippen LogP contribution in [-0.2, 0) is 0 Å². The molecule has 0 bridgehead atoms. The van der Waals surface area contributed by atoms with Crippen molar-refractivity contribution >= 4 is 33.9 Å². The maximum absolute atomic E-state index is 10.3. The van der Waals surface area contributed by atoms with Gasteiger partial charge < -0.3 is 25.2 Å². The number of aliphatic hydroxyl groups is 1. The average Bonchev–Trinajstić information content (AvgIpc) is 3.27. The third-order valence-corrected chi connectivity index (χ3v) is 5.54. The fourth-order valence-corrected chi connectivity index (χ4v) is 3.76. The fraction of sp³-hybridized carbons (Fsp3) is 0.304. The molecule has 0 radical (unpaired) electrons. The maximum atomic E-state index is 10.3. The van der Waals surface area contributed by atoms with Crippen LogP contribution in [0.2, 0.25) is 5.02 Å². The van der Waals surface area contributed by atoms with Crippen LogP contribution in [0.15, 0.2) is 42.6 Å². The van der Waals surface area contributed by atoms with Gasteiger partial charge in [-0.05, 0) is 56.3 Å². The summed E-state index contributed by atoms with van der Waals surface area (Å²) in [5.41, 5.74) is 7.23. The van der Waals surface area contributed by atoms with Gasteiger partial charge in [-0.25, -0.2) is 4.85 Å². The number of aliphatic hydroxyl groups excluding tert-OH is 1. The van der Waals surface area contributed by atoms with Gasteiger partial charge in [-0.15, -0.1) is 0 Å². The molecule has 0 unspecified atom stereocenters. The SMILES string of the molecule is [C-]#[N+]c1cc2c(Oc3ccc(Cl)c(N)c3)ccnc2cc1OC[C@H](O)CN1CCCC1. The van der Waals surface area contributed by atoms with E-state index in [1.807, 2.05) is 0 Å². The molecule has 2 heterocycles. The third kappa shape index (κ3) is 5.00. The number of β-amino-alcohol motifs (C(OH)–C–C–N with tert-alkyl or cyclic N) is 1. The molecule has 3 N–H and O–H groups in total. The van der Waals surface area contributed by atoms with Crippen LogP contribution in [0.25, 0.3) is 15.7 Å². The lowest BCUT2D eigenvalue weighted by atomic mass is 10.1. The van der Waals surface area contributed by atoms with Gasteiger partial charge in [0.2, 0.25) is 5.69 Å². The van der Waals surface area contributed by atoms with Gasteiger partial charge in [0.15, 0.2) is 0 Å². The molecule has 1 aliphatic rings. The first-order chi connectivity index (χ1) is 15.0. The Hall–Kier alpha value is -3.05. The summed E-state index contributed by atoms with van der Waals surface area (Å²) in [5, 5.41) is 11.4. The predicted molar refractivity (Wildman–Crippen MR) is 121 cm³/mol. The van der Waals surface area contributed by atoms with Gasteiger partial charge in [-0.3, -0.25) is 4.98 Å². The molecule has 8 heteroatoms. The second-order valence-electron chi connectivity index (χ2n) is 7.52. The van der Waals surface area contributed by atoms with E-state index in [4.69, 9.17) is 33.4 Å². The highest BCUT2D eigenvalue weighted by Gasteiger charge is 2.17. The van der Waals surface area contributed by atoms with Crippen molar-refractivity contribution < 1.29 is 14.6 Å². The van der Waals surface area contributed by atoms with E-state index < -0.39 is 6.10 Å². The Kier molecular flexibility index (Phi) is 6.42. The molecule has 2 aromatic carbocycles. The van der Waals surface area contributed by atoms with Gasteiger partial charge >= 0.3 is 0 Å². The molecule has 0 amide bonds. The number of rotatable bonds is 7. The first kappa shape index (κ1) is 21.2. The number of anilines is 1. The Morgan fingerprint density at radius 2 is 2.00 bits per heavy atom. The molecule has 1 aliphatic heterocycles. The van der Waals surface area contributed by atoms with Crippen molar-refractivity contribution in [3.05, 3.63) is 59.0 Å². The number of nitrogens with two attached hydrogens (primary N) is 1. The summed E-state index contributed by atoms with van der Waals surface area (Å²) in [6, 6.07) is 10.1. The number of benzene rings is 2. The lowest BCUT2D eigenvalue weighted by Crippen LogP contribution is -2.33. The molecule has 1 saturated heterocycles. The zero-order chi connectivity index (χ0) is 21.8. The molecule has 0 aliphatic carbocycles. The van der Waals surface area contributed by atoms with Gasteiger partial charge in [0.1, 0.15) is 30.0 Å². The number of hydrogen-bond acceptors (Lipinski definition) is 6. The summed E-state index contributed by atoms with van der Waals surface area (Å²) in [6.07, 6.45) is 3.34. The minimum Gasteiger partial charge on any atom is -0.502 e. The van der Waals surface area contributed by atoms with Crippen LogP contribution in [0.3, 0.4) is 0 Å². The Morgan fingerprint density at radius 3 is 2.74 bits per heavy atom. The van der Waals surface area contributed by atoms with Crippen molar-refractivity contribution in [2.45, 2.75) is 18.9 Å². The lowest BCUT2D eigenvalue weighted by molar-refractivity contribution is 0.0762. The van der Waals surface area contributed by atoms with Crippen LogP contribution < -0.4 is 15.2 Å². The number of ether oxygens (including phenoxy) is 2. The number of pyridine rings is 1. The molecular formula is C23H23ClN4O3. The van der Waals surface area contributed by atoms with Crippen LogP contribution in [-0.4, -0.2) is 47.3 Å². The first-order valence-electron chi connectivity index (χ1n) is 10.1. The Balaban J connectivity index is 1.54. The maximum Gasteiger partial charge on any atom is 0.229 e. The Bertz CT molecular complexity index is 1130. The van der Waals surface area contributed by atoms with E-state index in [9.17, 15) is 5.11 Å². The van der Waals surface area contributed by atoms with Gasteiger partial charge in [-0.2, -0.15) is 0 Å². The Morgan fingerprint density at radius 1 is 1.19 bits per heavy atom. The van der Waals surface area contributed by atoms with Crippen LogP contribution in [0.4, 0.5) is 11.4 Å². The molecule has 7 nitrogen and oxygen atoms in total. The number of hydrogen-bond donors (Lipinski definition) is 2. The van der Waals surface area contributed by atoms with Gasteiger partial charge in [-0.1, -0.05) is 11.6 Å². The summed E-state index contributed by atoms with van der Waals surface area (Å²) >= 11 is 5.98. The summed E-state index contributed by atoms with van der Waals surface area (Å²) < 4.78 is 11.8. The predicted octanol–water partition coefficient (Wildman–Crippen LogP) is 4.65. The van der Waals surface area contributed by atoms with E-state index in [0.717, 1.165) is 13.1 Å². The van der Waals surface area contributed by atoms with Crippen molar-refractivity contribution in [1.29, 1.82) is 0 Å². The zero-order valence-electron chi connectivity index (χ0n) is 16.9. The highest BCUT2D eigenvalue weighted by atomic mass is 35.5. The molecule has 1 fully saturated rings. The number of nitrogen functional groups attached to an aromatic ring is 1. The number of aromatic nitrogens is 1. The van der Waals surface area contributed by atoms with E-state index >= 15 is 0 Å². The smallest absolute Gasteiger partial charge is 0.229 e. The molecule has 1 atom stereocenters. The standard InChI is InChI=1S/C23H23ClN4O3/c1-26-21-11-17-20(12-23(21)30-14-15(29)13-28-8-2-3-9-28)27-7-6-22(17)31-16-4-5-18(24)19(25)10-16/h4-7,10-12,15,29H,2-3,8-9,13-14,25H2/t15-/m1/s1. The van der Waals surface area contributed by atoms with Crippen molar-refractivity contribution in [3.8, 4) is 17.2 Å². The van der Waals surface area contributed by atoms with E-state index in [2.05, 4.69) is 14.7 Å². The molecule has 160 valence electrons. The zero-order valence-corrected chi connectivity index (χ0v) is 17.7. The van der Waals surface area contributed by atoms with Crippen molar-refractivity contribution in [2.24, 2.45) is 0 Å². The molecule has 0 saturated carbocycles.